The van der Waals surface area contributed by atoms with E-state index < -0.39 is 5.82 Å². The van der Waals surface area contributed by atoms with Gasteiger partial charge < -0.3 is 11.1 Å². The van der Waals surface area contributed by atoms with Crippen LogP contribution in [0.5, 0.6) is 0 Å². The Morgan fingerprint density at radius 3 is 2.53 bits per heavy atom. The predicted molar refractivity (Wildman–Crippen MR) is 124 cm³/mol. The maximum Gasteiger partial charge on any atom is 0.182 e. The van der Waals surface area contributed by atoms with Crippen molar-refractivity contribution < 1.29 is 9.18 Å². The van der Waals surface area contributed by atoms with E-state index in [9.17, 15) is 9.18 Å². The number of aromatic nitrogens is 4. The third kappa shape index (κ3) is 4.03. The van der Waals surface area contributed by atoms with Crippen LogP contribution in [0.3, 0.4) is 0 Å². The normalized spacial score (nSPS) is 11.7. The van der Waals surface area contributed by atoms with Crippen molar-refractivity contribution in [2.75, 3.05) is 17.6 Å². The first-order valence-electron chi connectivity index (χ1n) is 10.3. The number of carbonyl (C=O) groups is 1. The SMILES string of the molecule is Cc1ccc(F)cc1C(=O)CNc1ccc(-c2nn(C(C)(C)C)c3ncnc(N)c23)cc1. The molecule has 0 bridgehead atoms. The van der Waals surface area contributed by atoms with E-state index >= 15 is 0 Å². The lowest BCUT2D eigenvalue weighted by atomic mass is 10.0. The van der Waals surface area contributed by atoms with Gasteiger partial charge >= 0.3 is 0 Å². The first-order chi connectivity index (χ1) is 15.1. The Balaban J connectivity index is 1.59. The lowest BCUT2D eigenvalue weighted by molar-refractivity contribution is 0.100. The number of nitrogens with one attached hydrogen (secondary N) is 1. The highest BCUT2D eigenvalue weighted by Crippen LogP contribution is 2.33. The lowest BCUT2D eigenvalue weighted by Gasteiger charge is -2.19. The highest BCUT2D eigenvalue weighted by atomic mass is 19.1. The van der Waals surface area contributed by atoms with Gasteiger partial charge in [-0.3, -0.25) is 4.79 Å². The quantitative estimate of drug-likeness (QED) is 0.448. The van der Waals surface area contributed by atoms with Crippen molar-refractivity contribution in [1.29, 1.82) is 0 Å². The van der Waals surface area contributed by atoms with Crippen molar-refractivity contribution in [2.24, 2.45) is 0 Å². The number of nitrogen functional groups attached to an aromatic ring is 1. The molecule has 0 aliphatic carbocycles. The minimum absolute atomic E-state index is 0.0615. The standard InChI is InChI=1S/C24H25FN6O/c1-14-5-8-16(25)11-18(14)19(32)12-27-17-9-6-15(7-10-17)21-20-22(26)28-13-29-23(20)31(30-21)24(2,3)4/h5-11,13,27H,12H2,1-4H3,(H2,26,28,29). The average molecular weight is 433 g/mol. The van der Waals surface area contributed by atoms with Crippen molar-refractivity contribution in [2.45, 2.75) is 33.2 Å². The number of anilines is 2. The Morgan fingerprint density at radius 1 is 1.12 bits per heavy atom. The van der Waals surface area contributed by atoms with Crippen molar-refractivity contribution in [3.05, 3.63) is 65.7 Å². The van der Waals surface area contributed by atoms with E-state index in [4.69, 9.17) is 10.8 Å². The molecule has 8 heteroatoms. The van der Waals surface area contributed by atoms with Crippen LogP contribution in [0.15, 0.2) is 48.8 Å². The van der Waals surface area contributed by atoms with E-state index in [1.165, 1.54) is 18.5 Å². The largest absolute Gasteiger partial charge is 0.383 e. The number of aryl methyl sites for hydroxylation is 1. The fourth-order valence-electron chi connectivity index (χ4n) is 3.56. The molecule has 4 aromatic rings. The summed E-state index contributed by atoms with van der Waals surface area (Å²) >= 11 is 0. The second-order valence-corrected chi connectivity index (χ2v) is 8.70. The molecule has 7 nitrogen and oxygen atoms in total. The summed E-state index contributed by atoms with van der Waals surface area (Å²) in [5, 5.41) is 8.58. The summed E-state index contributed by atoms with van der Waals surface area (Å²) < 4.78 is 15.3. The zero-order valence-corrected chi connectivity index (χ0v) is 18.5. The number of ketones is 1. The number of hydrogen-bond donors (Lipinski definition) is 2. The third-order valence-corrected chi connectivity index (χ3v) is 5.24. The van der Waals surface area contributed by atoms with Gasteiger partial charge in [0.25, 0.3) is 0 Å². The molecule has 0 saturated carbocycles. The molecule has 0 spiro atoms. The van der Waals surface area contributed by atoms with Gasteiger partial charge in [-0.2, -0.15) is 5.10 Å². The molecule has 0 aliphatic heterocycles. The van der Waals surface area contributed by atoms with Crippen LogP contribution in [0, 0.1) is 12.7 Å². The van der Waals surface area contributed by atoms with Gasteiger partial charge in [-0.25, -0.2) is 19.0 Å². The van der Waals surface area contributed by atoms with E-state index in [0.29, 0.717) is 28.1 Å². The maximum absolute atomic E-state index is 13.5. The summed E-state index contributed by atoms with van der Waals surface area (Å²) in [5.41, 5.74) is 10.0. The van der Waals surface area contributed by atoms with Crippen LogP contribution in [0.4, 0.5) is 15.9 Å². The van der Waals surface area contributed by atoms with E-state index in [1.54, 1.807) is 13.0 Å². The minimum atomic E-state index is -0.423. The highest BCUT2D eigenvalue weighted by molar-refractivity contribution is 6.00. The minimum Gasteiger partial charge on any atom is -0.383 e. The van der Waals surface area contributed by atoms with Gasteiger partial charge in [-0.05, 0) is 57.5 Å². The van der Waals surface area contributed by atoms with Crippen LogP contribution in [0.25, 0.3) is 22.3 Å². The molecule has 0 radical (unpaired) electrons. The number of carbonyl (C=O) groups excluding carboxylic acids is 1. The van der Waals surface area contributed by atoms with Crippen LogP contribution in [0.1, 0.15) is 36.7 Å². The van der Waals surface area contributed by atoms with Crippen LogP contribution in [-0.4, -0.2) is 32.1 Å². The molecule has 2 heterocycles. The molecule has 0 fully saturated rings. The van der Waals surface area contributed by atoms with Gasteiger partial charge in [-0.15, -0.1) is 0 Å². The van der Waals surface area contributed by atoms with Gasteiger partial charge in [0.05, 0.1) is 17.5 Å². The number of rotatable bonds is 5. The van der Waals surface area contributed by atoms with Crippen LogP contribution >= 0.6 is 0 Å². The van der Waals surface area contributed by atoms with E-state index in [-0.39, 0.29) is 17.9 Å². The lowest BCUT2D eigenvalue weighted by Crippen LogP contribution is -2.23. The molecule has 32 heavy (non-hydrogen) atoms. The van der Waals surface area contributed by atoms with Gasteiger partial charge in [0.2, 0.25) is 0 Å². The Morgan fingerprint density at radius 2 is 1.84 bits per heavy atom. The van der Waals surface area contributed by atoms with Crippen molar-refractivity contribution in [3.8, 4) is 11.3 Å². The van der Waals surface area contributed by atoms with E-state index in [0.717, 1.165) is 16.8 Å². The van der Waals surface area contributed by atoms with Gasteiger partial charge in [0.15, 0.2) is 11.4 Å². The molecule has 3 N–H and O–H groups in total. The summed E-state index contributed by atoms with van der Waals surface area (Å²) in [6, 6.07) is 11.8. The van der Waals surface area contributed by atoms with Gasteiger partial charge in [0, 0.05) is 16.8 Å². The molecule has 0 unspecified atom stereocenters. The third-order valence-electron chi connectivity index (χ3n) is 5.24. The Hall–Kier alpha value is -3.81. The number of benzene rings is 2. The van der Waals surface area contributed by atoms with Crippen molar-refractivity contribution >= 4 is 28.3 Å². The first-order valence-corrected chi connectivity index (χ1v) is 10.3. The molecule has 0 saturated heterocycles. The van der Waals surface area contributed by atoms with Gasteiger partial charge in [-0.1, -0.05) is 18.2 Å². The molecule has 164 valence electrons. The molecule has 2 aromatic carbocycles. The van der Waals surface area contributed by atoms with Crippen LogP contribution in [0.2, 0.25) is 0 Å². The highest BCUT2D eigenvalue weighted by Gasteiger charge is 2.23. The molecule has 2 aromatic heterocycles. The van der Waals surface area contributed by atoms with Crippen LogP contribution in [-0.2, 0) is 5.54 Å². The van der Waals surface area contributed by atoms with Gasteiger partial charge in [0.1, 0.15) is 23.7 Å². The second kappa shape index (κ2) is 8.03. The number of Topliss-reactive ketones (excluding diaryl/α,β-unsaturated/α-hetero) is 1. The topological polar surface area (TPSA) is 98.7 Å². The fourth-order valence-corrected chi connectivity index (χ4v) is 3.56. The molecule has 0 aliphatic rings. The summed E-state index contributed by atoms with van der Waals surface area (Å²) in [5.74, 6) is -0.224. The maximum atomic E-state index is 13.5. The fraction of sp³-hybridized carbons (Fsp3) is 0.250. The second-order valence-electron chi connectivity index (χ2n) is 8.70. The summed E-state index contributed by atoms with van der Waals surface area (Å²) in [4.78, 5) is 21.0. The van der Waals surface area contributed by atoms with E-state index in [1.807, 2.05) is 49.7 Å². The van der Waals surface area contributed by atoms with E-state index in [2.05, 4.69) is 15.3 Å². The number of halogens is 1. The molecule has 0 amide bonds. The Labute approximate surface area is 185 Å². The Bertz CT molecular complexity index is 1300. The first kappa shape index (κ1) is 21.4. The van der Waals surface area contributed by atoms with Crippen LogP contribution < -0.4 is 11.1 Å². The summed E-state index contributed by atoms with van der Waals surface area (Å²) in [6.45, 7) is 7.99. The number of nitrogens with zero attached hydrogens (tertiary/aromatic N) is 4. The van der Waals surface area contributed by atoms with Crippen molar-refractivity contribution in [3.63, 3.8) is 0 Å². The number of hydrogen-bond acceptors (Lipinski definition) is 6. The number of fused-ring (bicyclic) bond motifs is 1. The predicted octanol–water partition coefficient (Wildman–Crippen LogP) is 4.57. The molecular weight excluding hydrogens is 407 g/mol. The zero-order chi connectivity index (χ0) is 23.0. The average Bonchev–Trinajstić information content (AvgIpc) is 3.16. The smallest absolute Gasteiger partial charge is 0.182 e. The zero-order valence-electron chi connectivity index (χ0n) is 18.5. The Kier molecular flexibility index (Phi) is 5.38. The molecular formula is C24H25FN6O. The number of nitrogens with two attached hydrogens (primary N) is 1. The monoisotopic (exact) mass is 432 g/mol. The van der Waals surface area contributed by atoms with Crippen molar-refractivity contribution in [1.82, 2.24) is 19.7 Å². The summed E-state index contributed by atoms with van der Waals surface area (Å²) in [7, 11) is 0. The molecule has 0 atom stereocenters. The summed E-state index contributed by atoms with van der Waals surface area (Å²) in [6.07, 6.45) is 1.44. The molecule has 4 rings (SSSR count).